The molecule has 4 atom stereocenters. The summed E-state index contributed by atoms with van der Waals surface area (Å²) in [5, 5.41) is 0. The molecule has 0 aromatic carbocycles. The first-order valence-electron chi connectivity index (χ1n) is 9.42. The molecule has 0 aromatic heterocycles. The lowest BCUT2D eigenvalue weighted by Crippen LogP contribution is -2.27. The number of hydrogen-bond donors (Lipinski definition) is 0. The summed E-state index contributed by atoms with van der Waals surface area (Å²) in [6.45, 7) is 17.6. The second-order valence-electron chi connectivity index (χ2n) is 8.60. The fraction of sp³-hybridized carbons (Fsp3) is 0.857. The second kappa shape index (κ2) is 8.89. The molecule has 1 nitrogen and oxygen atoms in total. The van der Waals surface area contributed by atoms with E-state index in [1.54, 1.807) is 0 Å². The average Bonchev–Trinajstić information content (AvgIpc) is 2.38. The number of hydrogen-bond acceptors (Lipinski definition) is 1. The predicted molar refractivity (Wildman–Crippen MR) is 96.8 cm³/mol. The van der Waals surface area contributed by atoms with Gasteiger partial charge < -0.3 is 0 Å². The number of carbonyl (C=O) groups excluding carboxylic acids is 1. The van der Waals surface area contributed by atoms with Gasteiger partial charge in [-0.1, -0.05) is 53.7 Å². The summed E-state index contributed by atoms with van der Waals surface area (Å²) in [5.41, 5.74) is 1.50. The Morgan fingerprint density at radius 1 is 0.818 bits per heavy atom. The molecule has 0 bridgehead atoms. The molecule has 0 amide bonds. The highest BCUT2D eigenvalue weighted by atomic mass is 16.1. The molecule has 0 aromatic rings. The zero-order valence-corrected chi connectivity index (χ0v) is 15.8. The molecule has 1 heteroatoms. The van der Waals surface area contributed by atoms with Gasteiger partial charge in [-0.2, -0.15) is 0 Å². The van der Waals surface area contributed by atoms with Crippen molar-refractivity contribution in [1.29, 1.82) is 0 Å². The Hall–Kier alpha value is -0.590. The van der Waals surface area contributed by atoms with Crippen LogP contribution in [0.5, 0.6) is 0 Å². The van der Waals surface area contributed by atoms with Gasteiger partial charge in [0.1, 0.15) is 5.78 Å². The van der Waals surface area contributed by atoms with Crippen LogP contribution in [0.4, 0.5) is 0 Å². The summed E-state index contributed by atoms with van der Waals surface area (Å²) in [6, 6.07) is 0. The molecule has 0 saturated heterocycles. The van der Waals surface area contributed by atoms with Crippen LogP contribution in [-0.2, 0) is 4.79 Å². The van der Waals surface area contributed by atoms with Crippen molar-refractivity contribution in [3.8, 4) is 0 Å². The maximum atomic E-state index is 11.4. The minimum absolute atomic E-state index is 0.367. The fourth-order valence-corrected chi connectivity index (χ4v) is 4.10. The van der Waals surface area contributed by atoms with Gasteiger partial charge in [-0.25, -0.2) is 0 Å². The van der Waals surface area contributed by atoms with E-state index in [0.717, 1.165) is 30.6 Å². The predicted octanol–water partition coefficient (Wildman–Crippen LogP) is 6.28. The number of Topliss-reactive ketones (excluding diaryl/α,β-unsaturated/α-hetero) is 1. The molecule has 0 aliphatic heterocycles. The minimum atomic E-state index is 0.367. The van der Waals surface area contributed by atoms with Crippen molar-refractivity contribution >= 4 is 5.78 Å². The summed E-state index contributed by atoms with van der Waals surface area (Å²) in [5.74, 6) is 4.55. The Morgan fingerprint density at radius 3 is 1.68 bits per heavy atom. The lowest BCUT2D eigenvalue weighted by atomic mass is 9.75. The highest BCUT2D eigenvalue weighted by Crippen LogP contribution is 2.36. The molecular weight excluding hydrogens is 268 g/mol. The van der Waals surface area contributed by atoms with Gasteiger partial charge in [-0.3, -0.25) is 4.79 Å². The standard InChI is InChI=1S/C11H20.C10H18O/c1-8(2)11-6-5-9(3)7-10(11)4;1-7(2)9-5-4-8(3)6-10(9)11/h8-9,11H,4-7H2,1-3H3;7-9H,4-6H2,1-3H3/t9-,11?;8-,9?/m11/s1. The number of allylic oxidation sites excluding steroid dienone is 1. The maximum absolute atomic E-state index is 11.4. The van der Waals surface area contributed by atoms with E-state index in [-0.39, 0.29) is 0 Å². The zero-order chi connectivity index (χ0) is 16.9. The van der Waals surface area contributed by atoms with E-state index in [1.165, 1.54) is 31.3 Å². The van der Waals surface area contributed by atoms with Gasteiger partial charge in [-0.05, 0) is 61.7 Å². The third-order valence-corrected chi connectivity index (χ3v) is 5.65. The first kappa shape index (κ1) is 19.5. The van der Waals surface area contributed by atoms with Crippen LogP contribution >= 0.6 is 0 Å². The zero-order valence-electron chi connectivity index (χ0n) is 15.8. The molecule has 0 heterocycles. The van der Waals surface area contributed by atoms with E-state index in [0.29, 0.717) is 23.5 Å². The quantitative estimate of drug-likeness (QED) is 0.548. The van der Waals surface area contributed by atoms with Gasteiger partial charge in [-0.15, -0.1) is 0 Å². The van der Waals surface area contributed by atoms with Crippen molar-refractivity contribution < 1.29 is 4.79 Å². The van der Waals surface area contributed by atoms with Crippen LogP contribution in [0.25, 0.3) is 0 Å². The van der Waals surface area contributed by atoms with Crippen molar-refractivity contribution in [3.05, 3.63) is 12.2 Å². The van der Waals surface area contributed by atoms with Gasteiger partial charge in [0.25, 0.3) is 0 Å². The van der Waals surface area contributed by atoms with Crippen LogP contribution < -0.4 is 0 Å². The minimum Gasteiger partial charge on any atom is -0.299 e. The Kier molecular flexibility index (Phi) is 7.86. The van der Waals surface area contributed by atoms with Crippen molar-refractivity contribution in [3.63, 3.8) is 0 Å². The molecule has 0 radical (unpaired) electrons. The van der Waals surface area contributed by atoms with E-state index in [1.807, 2.05) is 0 Å². The van der Waals surface area contributed by atoms with Gasteiger partial charge >= 0.3 is 0 Å². The molecule has 2 unspecified atom stereocenters. The first-order chi connectivity index (χ1) is 10.2. The molecule has 2 fully saturated rings. The Labute approximate surface area is 139 Å². The van der Waals surface area contributed by atoms with Crippen LogP contribution in [0.15, 0.2) is 12.2 Å². The van der Waals surface area contributed by atoms with Crippen LogP contribution in [0, 0.1) is 35.5 Å². The van der Waals surface area contributed by atoms with Crippen LogP contribution in [-0.4, -0.2) is 5.78 Å². The lowest BCUT2D eigenvalue weighted by molar-refractivity contribution is -0.127. The van der Waals surface area contributed by atoms with Crippen LogP contribution in [0.2, 0.25) is 0 Å². The molecule has 2 saturated carbocycles. The molecule has 128 valence electrons. The van der Waals surface area contributed by atoms with E-state index >= 15 is 0 Å². The summed E-state index contributed by atoms with van der Waals surface area (Å²) in [4.78, 5) is 11.4. The Balaban J connectivity index is 0.000000220. The van der Waals surface area contributed by atoms with Gasteiger partial charge in [0.15, 0.2) is 0 Å². The number of carbonyl (C=O) groups is 1. The maximum Gasteiger partial charge on any atom is 0.136 e. The van der Waals surface area contributed by atoms with E-state index in [9.17, 15) is 4.79 Å². The Bertz CT molecular complexity index is 330. The summed E-state index contributed by atoms with van der Waals surface area (Å²) >= 11 is 0. The van der Waals surface area contributed by atoms with Crippen molar-refractivity contribution in [2.24, 2.45) is 35.5 Å². The normalized spacial score (nSPS) is 32.9. The van der Waals surface area contributed by atoms with E-state index in [4.69, 9.17) is 0 Å². The molecule has 0 N–H and O–H groups in total. The second-order valence-corrected chi connectivity index (χ2v) is 8.60. The molecular formula is C21H38O. The molecule has 22 heavy (non-hydrogen) atoms. The summed E-state index contributed by atoms with van der Waals surface area (Å²) in [7, 11) is 0. The molecule has 2 aliphatic rings. The molecule has 0 spiro atoms. The van der Waals surface area contributed by atoms with Gasteiger partial charge in [0, 0.05) is 12.3 Å². The van der Waals surface area contributed by atoms with E-state index < -0.39 is 0 Å². The van der Waals surface area contributed by atoms with Gasteiger partial charge in [0.2, 0.25) is 0 Å². The van der Waals surface area contributed by atoms with Crippen molar-refractivity contribution in [2.75, 3.05) is 0 Å². The highest BCUT2D eigenvalue weighted by molar-refractivity contribution is 5.82. The summed E-state index contributed by atoms with van der Waals surface area (Å²) < 4.78 is 0. The summed E-state index contributed by atoms with van der Waals surface area (Å²) in [6.07, 6.45) is 7.23. The van der Waals surface area contributed by atoms with Crippen molar-refractivity contribution in [2.45, 2.75) is 80.1 Å². The monoisotopic (exact) mass is 306 g/mol. The molecule has 2 aliphatic carbocycles. The van der Waals surface area contributed by atoms with Crippen molar-refractivity contribution in [1.82, 2.24) is 0 Å². The number of rotatable bonds is 2. The smallest absolute Gasteiger partial charge is 0.136 e. The number of ketones is 1. The first-order valence-corrected chi connectivity index (χ1v) is 9.42. The van der Waals surface area contributed by atoms with E-state index in [2.05, 4.69) is 48.1 Å². The lowest BCUT2D eigenvalue weighted by Gasteiger charge is -2.31. The third-order valence-electron chi connectivity index (χ3n) is 5.65. The topological polar surface area (TPSA) is 17.1 Å². The largest absolute Gasteiger partial charge is 0.299 e. The SMILES string of the molecule is C=C1C[C@H](C)CCC1C(C)C.CC(C)C1CC[C@@H](C)CC1=O. The van der Waals surface area contributed by atoms with Crippen LogP contribution in [0.1, 0.15) is 80.1 Å². The third kappa shape index (κ3) is 5.89. The van der Waals surface area contributed by atoms with Gasteiger partial charge in [0.05, 0.1) is 0 Å². The highest BCUT2D eigenvalue weighted by Gasteiger charge is 2.28. The van der Waals surface area contributed by atoms with Crippen LogP contribution in [0.3, 0.4) is 0 Å². The fourth-order valence-electron chi connectivity index (χ4n) is 4.10. The average molecular weight is 307 g/mol. The Morgan fingerprint density at radius 2 is 1.27 bits per heavy atom. The molecule has 2 rings (SSSR count).